The minimum absolute atomic E-state index is 0.0200. The highest BCUT2D eigenvalue weighted by Crippen LogP contribution is 2.08. The van der Waals surface area contributed by atoms with Crippen molar-refractivity contribution in [2.24, 2.45) is 0 Å². The maximum atomic E-state index is 10.9. The van der Waals surface area contributed by atoms with Crippen LogP contribution in [0.2, 0.25) is 0 Å². The van der Waals surface area contributed by atoms with Crippen LogP contribution in [0.15, 0.2) is 0 Å². The molecule has 2 aliphatic rings. The van der Waals surface area contributed by atoms with Crippen LogP contribution >= 0.6 is 0 Å². The molecule has 21 heavy (non-hydrogen) atoms. The van der Waals surface area contributed by atoms with Gasteiger partial charge in [-0.2, -0.15) is 0 Å². The summed E-state index contributed by atoms with van der Waals surface area (Å²) >= 11 is 0. The predicted octanol–water partition coefficient (Wildman–Crippen LogP) is -1.30. The van der Waals surface area contributed by atoms with Crippen molar-refractivity contribution in [1.29, 1.82) is 0 Å². The quantitative estimate of drug-likeness (QED) is 0.630. The van der Waals surface area contributed by atoms with E-state index in [1.54, 1.807) is 0 Å². The van der Waals surface area contributed by atoms with Crippen LogP contribution in [-0.4, -0.2) is 94.6 Å². The van der Waals surface area contributed by atoms with E-state index in [0.717, 1.165) is 84.9 Å². The zero-order valence-electron chi connectivity index (χ0n) is 12.8. The average molecular weight is 300 g/mol. The first kappa shape index (κ1) is 16.6. The minimum Gasteiger partial charge on any atom is -0.350 e. The molecule has 2 heterocycles. The van der Waals surface area contributed by atoms with Crippen molar-refractivity contribution >= 4 is 6.41 Å². The van der Waals surface area contributed by atoms with Crippen LogP contribution in [0.25, 0.3) is 0 Å². The number of rotatable bonds is 4. The molecule has 1 amide bonds. The monoisotopic (exact) mass is 300 g/mol. The normalized spacial score (nSPS) is 24.5. The van der Waals surface area contributed by atoms with Crippen LogP contribution in [0.1, 0.15) is 6.42 Å². The predicted molar refractivity (Wildman–Crippen MR) is 80.1 cm³/mol. The first-order chi connectivity index (χ1) is 10.4. The highest BCUT2D eigenvalue weighted by molar-refractivity contribution is 5.46. The number of ether oxygens (including phenoxy) is 2. The molecule has 2 rings (SSSR count). The summed E-state index contributed by atoms with van der Waals surface area (Å²) in [4.78, 5) is 15.1. The SMILES string of the molecule is O=CN1CCNCCN(CCC2OCCO2)CCNCC1. The molecule has 0 aromatic heterocycles. The maximum Gasteiger partial charge on any atom is 0.209 e. The zero-order chi connectivity index (χ0) is 14.8. The Bertz CT molecular complexity index is 273. The van der Waals surface area contributed by atoms with Crippen molar-refractivity contribution in [1.82, 2.24) is 20.4 Å². The Balaban J connectivity index is 1.68. The minimum atomic E-state index is -0.0200. The Labute approximate surface area is 126 Å². The number of carbonyl (C=O) groups is 1. The maximum absolute atomic E-state index is 10.9. The zero-order valence-corrected chi connectivity index (χ0v) is 12.8. The molecule has 2 fully saturated rings. The summed E-state index contributed by atoms with van der Waals surface area (Å²) in [6.07, 6.45) is 1.84. The molecule has 2 aliphatic heterocycles. The first-order valence-electron chi connectivity index (χ1n) is 7.95. The first-order valence-corrected chi connectivity index (χ1v) is 7.95. The van der Waals surface area contributed by atoms with E-state index in [4.69, 9.17) is 9.47 Å². The van der Waals surface area contributed by atoms with Crippen LogP contribution in [0.5, 0.6) is 0 Å². The van der Waals surface area contributed by atoms with E-state index >= 15 is 0 Å². The number of nitrogens with one attached hydrogen (secondary N) is 2. The van der Waals surface area contributed by atoms with Crippen molar-refractivity contribution in [3.05, 3.63) is 0 Å². The molecule has 7 heteroatoms. The Hall–Kier alpha value is -0.730. The molecular formula is C14H28N4O3. The molecule has 122 valence electrons. The Morgan fingerprint density at radius 3 is 2.10 bits per heavy atom. The number of nitrogens with zero attached hydrogens (tertiary/aromatic N) is 2. The number of hydrogen-bond donors (Lipinski definition) is 2. The summed E-state index contributed by atoms with van der Waals surface area (Å²) in [6.45, 7) is 9.59. The second-order valence-corrected chi connectivity index (χ2v) is 5.44. The largest absolute Gasteiger partial charge is 0.350 e. The van der Waals surface area contributed by atoms with Crippen molar-refractivity contribution in [3.8, 4) is 0 Å². The topological polar surface area (TPSA) is 66.1 Å². The number of amides is 1. The van der Waals surface area contributed by atoms with Gasteiger partial charge in [-0.25, -0.2) is 0 Å². The number of carbonyl (C=O) groups excluding carboxylic acids is 1. The third-order valence-corrected chi connectivity index (χ3v) is 3.88. The summed E-state index contributed by atoms with van der Waals surface area (Å²) in [7, 11) is 0. The molecule has 0 aliphatic carbocycles. The molecule has 2 saturated heterocycles. The van der Waals surface area contributed by atoms with E-state index in [0.29, 0.717) is 0 Å². The highest BCUT2D eigenvalue weighted by atomic mass is 16.7. The molecule has 0 atom stereocenters. The van der Waals surface area contributed by atoms with Gasteiger partial charge in [-0.15, -0.1) is 0 Å². The molecule has 0 saturated carbocycles. The second kappa shape index (κ2) is 10.1. The number of hydrogen-bond acceptors (Lipinski definition) is 6. The summed E-state index contributed by atoms with van der Waals surface area (Å²) in [5, 5.41) is 6.80. The van der Waals surface area contributed by atoms with E-state index in [2.05, 4.69) is 15.5 Å². The molecule has 2 N–H and O–H groups in total. The van der Waals surface area contributed by atoms with Crippen molar-refractivity contribution in [3.63, 3.8) is 0 Å². The second-order valence-electron chi connectivity index (χ2n) is 5.44. The summed E-state index contributed by atoms with van der Waals surface area (Å²) in [6, 6.07) is 0. The van der Waals surface area contributed by atoms with E-state index < -0.39 is 0 Å². The average Bonchev–Trinajstić information content (AvgIpc) is 3.00. The van der Waals surface area contributed by atoms with E-state index in [1.165, 1.54) is 0 Å². The van der Waals surface area contributed by atoms with Gasteiger partial charge in [0.15, 0.2) is 6.29 Å². The van der Waals surface area contributed by atoms with Gasteiger partial charge in [0.1, 0.15) is 0 Å². The van der Waals surface area contributed by atoms with Crippen molar-refractivity contribution in [2.45, 2.75) is 12.7 Å². The third kappa shape index (κ3) is 6.71. The van der Waals surface area contributed by atoms with Crippen LogP contribution in [0.3, 0.4) is 0 Å². The van der Waals surface area contributed by atoms with Gasteiger partial charge in [0.25, 0.3) is 0 Å². The van der Waals surface area contributed by atoms with E-state index in [-0.39, 0.29) is 6.29 Å². The fourth-order valence-electron chi connectivity index (χ4n) is 2.58. The van der Waals surface area contributed by atoms with Gasteiger partial charge in [0.05, 0.1) is 13.2 Å². The fourth-order valence-corrected chi connectivity index (χ4v) is 2.58. The van der Waals surface area contributed by atoms with Crippen molar-refractivity contribution < 1.29 is 14.3 Å². The highest BCUT2D eigenvalue weighted by Gasteiger charge is 2.17. The van der Waals surface area contributed by atoms with E-state index in [1.807, 2.05) is 4.90 Å². The molecule has 0 bridgehead atoms. The lowest BCUT2D eigenvalue weighted by Crippen LogP contribution is -2.43. The fraction of sp³-hybridized carbons (Fsp3) is 0.929. The van der Waals surface area contributed by atoms with Gasteiger partial charge in [-0.05, 0) is 0 Å². The standard InChI is InChI=1S/C14H28N4O3/c19-13-18-9-4-15-2-7-17(8-3-16-5-10-18)6-1-14-20-11-12-21-14/h13-16H,1-12H2. The van der Waals surface area contributed by atoms with Gasteiger partial charge in [-0.3, -0.25) is 4.79 Å². The van der Waals surface area contributed by atoms with Crippen LogP contribution in [-0.2, 0) is 14.3 Å². The molecule has 0 radical (unpaired) electrons. The smallest absolute Gasteiger partial charge is 0.209 e. The van der Waals surface area contributed by atoms with Crippen LogP contribution in [0.4, 0.5) is 0 Å². The lowest BCUT2D eigenvalue weighted by atomic mass is 10.3. The van der Waals surface area contributed by atoms with E-state index in [9.17, 15) is 4.79 Å². The molecular weight excluding hydrogens is 272 g/mol. The molecule has 0 spiro atoms. The lowest BCUT2D eigenvalue weighted by Gasteiger charge is -2.25. The molecule has 7 nitrogen and oxygen atoms in total. The van der Waals surface area contributed by atoms with Crippen LogP contribution in [0, 0.1) is 0 Å². The van der Waals surface area contributed by atoms with Gasteiger partial charge < -0.3 is 29.9 Å². The van der Waals surface area contributed by atoms with Gasteiger partial charge >= 0.3 is 0 Å². The Morgan fingerprint density at radius 1 is 0.952 bits per heavy atom. The summed E-state index contributed by atoms with van der Waals surface area (Å²) < 4.78 is 11.0. The lowest BCUT2D eigenvalue weighted by molar-refractivity contribution is -0.118. The van der Waals surface area contributed by atoms with Gasteiger partial charge in [-0.1, -0.05) is 0 Å². The van der Waals surface area contributed by atoms with Crippen molar-refractivity contribution in [2.75, 3.05) is 72.1 Å². The Morgan fingerprint density at radius 2 is 1.52 bits per heavy atom. The molecule has 0 aromatic carbocycles. The van der Waals surface area contributed by atoms with Crippen LogP contribution < -0.4 is 10.6 Å². The molecule has 0 aromatic rings. The summed E-state index contributed by atoms with van der Waals surface area (Å²) in [5.74, 6) is 0. The summed E-state index contributed by atoms with van der Waals surface area (Å²) in [5.41, 5.74) is 0. The Kier molecular flexibility index (Phi) is 7.98. The van der Waals surface area contributed by atoms with Gasteiger partial charge in [0.2, 0.25) is 6.41 Å². The molecule has 0 unspecified atom stereocenters. The third-order valence-electron chi connectivity index (χ3n) is 3.88. The van der Waals surface area contributed by atoms with Gasteiger partial charge in [0, 0.05) is 65.3 Å².